The van der Waals surface area contributed by atoms with Crippen molar-refractivity contribution < 1.29 is 17.1 Å². The molecule has 0 N–H and O–H groups in total. The second-order valence-electron chi connectivity index (χ2n) is 8.37. The number of hydrogen-bond donors (Lipinski definition) is 0. The van der Waals surface area contributed by atoms with Crippen LogP contribution in [0.4, 0.5) is 0 Å². The molecule has 0 spiro atoms. The molecule has 0 bridgehead atoms. The maximum absolute atomic E-state index is 6.60. The van der Waals surface area contributed by atoms with E-state index in [9.17, 15) is 0 Å². The van der Waals surface area contributed by atoms with E-state index in [1.165, 1.54) is 0 Å². The average molecular weight is 447 g/mol. The van der Waals surface area contributed by atoms with Crippen molar-refractivity contribution in [1.82, 2.24) is 0 Å². The van der Waals surface area contributed by atoms with Gasteiger partial charge >= 0.3 is 17.1 Å². The zero-order valence-corrected chi connectivity index (χ0v) is 20.5. The highest BCUT2D eigenvalue weighted by Crippen LogP contribution is 2.27. The maximum Gasteiger partial charge on any atom is 0.315 e. The summed E-state index contributed by atoms with van der Waals surface area (Å²) in [6.07, 6.45) is 0.998. The summed E-state index contributed by atoms with van der Waals surface area (Å²) in [6, 6.07) is 0.975. The van der Waals surface area contributed by atoms with Gasteiger partial charge in [0.1, 0.15) is 0 Å². The molecule has 0 radical (unpaired) electrons. The van der Waals surface area contributed by atoms with Crippen LogP contribution < -0.4 is 0 Å². The van der Waals surface area contributed by atoms with Crippen molar-refractivity contribution in [3.63, 3.8) is 0 Å². The standard InChI is InChI=1S/C14H38O4Si4.4CH4/c1-11-15-13-12-14-22(10,17-20(5,6)7)18-21(8,9)16-19(2,3)4;;;;/h11-14H2,1-10H3;4*1H4/t22-;;;;/m0..../s1. The van der Waals surface area contributed by atoms with Crippen LogP contribution in [0.15, 0.2) is 0 Å². The molecule has 0 rings (SSSR count). The summed E-state index contributed by atoms with van der Waals surface area (Å²) >= 11 is 0. The van der Waals surface area contributed by atoms with Crippen LogP contribution in [0.1, 0.15) is 43.1 Å². The molecule has 0 heterocycles. The lowest BCUT2D eigenvalue weighted by Gasteiger charge is -2.41. The zero-order chi connectivity index (χ0) is 17.7. The third kappa shape index (κ3) is 21.0. The highest BCUT2D eigenvalue weighted by Gasteiger charge is 2.44. The molecule has 26 heavy (non-hydrogen) atoms. The Bertz CT molecular complexity index is 328. The van der Waals surface area contributed by atoms with Crippen LogP contribution in [0.25, 0.3) is 0 Å². The van der Waals surface area contributed by atoms with E-state index in [4.69, 9.17) is 17.1 Å². The van der Waals surface area contributed by atoms with Crippen molar-refractivity contribution in [3.8, 4) is 0 Å². The normalized spacial score (nSPS) is 14.1. The molecule has 0 aliphatic heterocycles. The summed E-state index contributed by atoms with van der Waals surface area (Å²) in [5.41, 5.74) is 0. The zero-order valence-electron chi connectivity index (χ0n) is 16.5. The number of rotatable bonds is 11. The number of ether oxygens (including phenoxy) is 1. The monoisotopic (exact) mass is 446 g/mol. The van der Waals surface area contributed by atoms with Gasteiger partial charge in [0.05, 0.1) is 0 Å². The van der Waals surface area contributed by atoms with E-state index in [0.29, 0.717) is 0 Å². The van der Waals surface area contributed by atoms with Crippen LogP contribution in [0, 0.1) is 0 Å². The summed E-state index contributed by atoms with van der Waals surface area (Å²) < 4.78 is 25.0. The van der Waals surface area contributed by atoms with E-state index in [1.807, 2.05) is 6.92 Å². The van der Waals surface area contributed by atoms with E-state index in [1.54, 1.807) is 0 Å². The van der Waals surface area contributed by atoms with Gasteiger partial charge in [-0.2, -0.15) is 0 Å². The van der Waals surface area contributed by atoms with Gasteiger partial charge in [-0.05, 0) is 78.3 Å². The molecule has 0 unspecified atom stereocenters. The van der Waals surface area contributed by atoms with Gasteiger partial charge < -0.3 is 17.1 Å². The van der Waals surface area contributed by atoms with Crippen molar-refractivity contribution >= 4 is 33.8 Å². The first-order chi connectivity index (χ1) is 9.68. The Morgan fingerprint density at radius 2 is 1.04 bits per heavy atom. The molecule has 0 saturated carbocycles. The maximum atomic E-state index is 6.60. The van der Waals surface area contributed by atoms with Gasteiger partial charge in [-0.25, -0.2) is 0 Å². The van der Waals surface area contributed by atoms with Gasteiger partial charge in [-0.3, -0.25) is 0 Å². The molecule has 1 atom stereocenters. The topological polar surface area (TPSA) is 36.9 Å². The third-order valence-electron chi connectivity index (χ3n) is 2.66. The lowest BCUT2D eigenvalue weighted by Crippen LogP contribution is -2.56. The summed E-state index contributed by atoms with van der Waals surface area (Å²) in [4.78, 5) is 0. The molecule has 0 aromatic rings. The molecule has 0 aromatic heterocycles. The molecule has 0 saturated heterocycles. The Hall–Kier alpha value is 0.708. The third-order valence-corrected chi connectivity index (χ3v) is 16.2. The fraction of sp³-hybridized carbons (Fsp3) is 1.00. The largest absolute Gasteiger partial charge is 0.437 e. The van der Waals surface area contributed by atoms with Crippen LogP contribution in [-0.2, 0) is 17.1 Å². The van der Waals surface area contributed by atoms with E-state index in [0.717, 1.165) is 25.7 Å². The minimum absolute atomic E-state index is 0. The van der Waals surface area contributed by atoms with Gasteiger partial charge in [-0.1, -0.05) is 29.7 Å². The van der Waals surface area contributed by atoms with Crippen molar-refractivity contribution in [2.75, 3.05) is 13.2 Å². The van der Waals surface area contributed by atoms with E-state index in [-0.39, 0.29) is 29.7 Å². The van der Waals surface area contributed by atoms with Crippen molar-refractivity contribution in [2.24, 2.45) is 0 Å². The van der Waals surface area contributed by atoms with Crippen molar-refractivity contribution in [2.45, 2.75) is 108 Å². The Labute approximate surface area is 172 Å². The molecular formula is C18H54O4Si4. The summed E-state index contributed by atoms with van der Waals surface area (Å²) in [6.45, 7) is 23.5. The van der Waals surface area contributed by atoms with Crippen LogP contribution >= 0.6 is 0 Å². The van der Waals surface area contributed by atoms with Crippen molar-refractivity contribution in [1.29, 1.82) is 0 Å². The van der Waals surface area contributed by atoms with Crippen molar-refractivity contribution in [3.05, 3.63) is 0 Å². The minimum Gasteiger partial charge on any atom is -0.437 e. The first kappa shape index (κ1) is 37.5. The number of hydrogen-bond acceptors (Lipinski definition) is 4. The smallest absolute Gasteiger partial charge is 0.315 e. The van der Waals surface area contributed by atoms with Crippen LogP contribution in [-0.4, -0.2) is 47.0 Å². The lowest BCUT2D eigenvalue weighted by atomic mass is 10.5. The second-order valence-corrected chi connectivity index (χ2v) is 24.8. The molecule has 0 fully saturated rings. The quantitative estimate of drug-likeness (QED) is 0.244. The Kier molecular flexibility index (Phi) is 21.1. The predicted molar refractivity (Wildman–Crippen MR) is 132 cm³/mol. The molecule has 0 aromatic carbocycles. The summed E-state index contributed by atoms with van der Waals surface area (Å²) in [5.74, 6) is 0. The molecule has 0 aliphatic carbocycles. The molecule has 0 aliphatic rings. The van der Waals surface area contributed by atoms with E-state index in [2.05, 4.69) is 58.9 Å². The average Bonchev–Trinajstić information content (AvgIpc) is 2.16. The molecule has 4 nitrogen and oxygen atoms in total. The highest BCUT2D eigenvalue weighted by atomic mass is 28.5. The molecule has 166 valence electrons. The van der Waals surface area contributed by atoms with Gasteiger partial charge in [-0.15, -0.1) is 0 Å². The SMILES string of the molecule is C.C.C.C.CCOCCC[Si@@](C)(O[Si](C)(C)C)O[Si](C)(C)O[Si](C)(C)C. The fourth-order valence-electron chi connectivity index (χ4n) is 2.69. The Morgan fingerprint density at radius 3 is 1.38 bits per heavy atom. The van der Waals surface area contributed by atoms with Gasteiger partial charge in [0.2, 0.25) is 0 Å². The second kappa shape index (κ2) is 14.7. The summed E-state index contributed by atoms with van der Waals surface area (Å²) in [5, 5.41) is 0. The van der Waals surface area contributed by atoms with E-state index >= 15 is 0 Å². The predicted octanol–water partition coefficient (Wildman–Crippen LogP) is 7.45. The first-order valence-electron chi connectivity index (χ1n) is 8.36. The van der Waals surface area contributed by atoms with Gasteiger partial charge in [0.25, 0.3) is 0 Å². The van der Waals surface area contributed by atoms with Gasteiger partial charge in [0, 0.05) is 13.2 Å². The summed E-state index contributed by atoms with van der Waals surface area (Å²) in [7, 11) is -7.64. The first-order valence-corrected chi connectivity index (χ1v) is 20.5. The highest BCUT2D eigenvalue weighted by molar-refractivity contribution is 6.89. The lowest BCUT2D eigenvalue weighted by molar-refractivity contribution is 0.146. The Balaban J connectivity index is -0.000000367. The molecule has 0 amide bonds. The fourth-order valence-corrected chi connectivity index (χ4v) is 20.6. The van der Waals surface area contributed by atoms with Crippen LogP contribution in [0.2, 0.25) is 65.0 Å². The minimum atomic E-state index is -2.23. The molecule has 8 heteroatoms. The molecular weight excluding hydrogens is 393 g/mol. The van der Waals surface area contributed by atoms with E-state index < -0.39 is 33.8 Å². The van der Waals surface area contributed by atoms with Gasteiger partial charge in [0.15, 0.2) is 16.6 Å². The van der Waals surface area contributed by atoms with Crippen LogP contribution in [0.5, 0.6) is 0 Å². The van der Waals surface area contributed by atoms with Crippen LogP contribution in [0.3, 0.4) is 0 Å². The Morgan fingerprint density at radius 1 is 0.615 bits per heavy atom.